The SMILES string of the molecule is CC=C[N+](CC)(CC)CC.[OH-]. The van der Waals surface area contributed by atoms with Gasteiger partial charge >= 0.3 is 0 Å². The molecule has 0 heterocycles. The van der Waals surface area contributed by atoms with Gasteiger partial charge in [0.05, 0.1) is 25.8 Å². The molecular weight excluding hydrogens is 138 g/mol. The third-order valence-electron chi connectivity index (χ3n) is 2.35. The van der Waals surface area contributed by atoms with Gasteiger partial charge in [-0.25, -0.2) is 0 Å². The number of allylic oxidation sites excluding steroid dienone is 1. The maximum Gasteiger partial charge on any atom is 0.0915 e. The van der Waals surface area contributed by atoms with Crippen LogP contribution in [0.4, 0.5) is 0 Å². The largest absolute Gasteiger partial charge is 0.870 e. The second-order valence-corrected chi connectivity index (χ2v) is 2.65. The Bertz CT molecular complexity index is 97.9. The van der Waals surface area contributed by atoms with Crippen molar-refractivity contribution in [2.45, 2.75) is 27.7 Å². The third-order valence-corrected chi connectivity index (χ3v) is 2.35. The topological polar surface area (TPSA) is 30.0 Å². The summed E-state index contributed by atoms with van der Waals surface area (Å²) in [6, 6.07) is 0. The molecule has 0 unspecified atom stereocenters. The molecule has 0 fully saturated rings. The van der Waals surface area contributed by atoms with Crippen LogP contribution in [0.3, 0.4) is 0 Å². The highest BCUT2D eigenvalue weighted by molar-refractivity contribution is 4.67. The first-order valence-electron chi connectivity index (χ1n) is 4.24. The monoisotopic (exact) mass is 159 g/mol. The standard InChI is InChI=1S/C9H20N.H2O/c1-5-9-10(6-2,7-3)8-4;/h5,9H,6-8H2,1-4H3;1H2/q+1;/p-1. The fraction of sp³-hybridized carbons (Fsp3) is 0.778. The molecule has 1 N–H and O–H groups in total. The molecule has 68 valence electrons. The predicted octanol–water partition coefficient (Wildman–Crippen LogP) is 2.22. The Morgan fingerprint density at radius 3 is 1.45 bits per heavy atom. The lowest BCUT2D eigenvalue weighted by Gasteiger charge is -2.31. The minimum atomic E-state index is 0. The molecule has 0 rings (SSSR count). The third kappa shape index (κ3) is 3.54. The van der Waals surface area contributed by atoms with Crippen LogP contribution in [0.1, 0.15) is 27.7 Å². The fourth-order valence-corrected chi connectivity index (χ4v) is 1.30. The summed E-state index contributed by atoms with van der Waals surface area (Å²) in [5.74, 6) is 0. The van der Waals surface area contributed by atoms with Crippen LogP contribution in [0, 0.1) is 0 Å². The highest BCUT2D eigenvalue weighted by atomic mass is 16.0. The van der Waals surface area contributed by atoms with E-state index < -0.39 is 0 Å². The quantitative estimate of drug-likeness (QED) is 0.578. The normalized spacial score (nSPS) is 11.6. The zero-order valence-corrected chi connectivity index (χ0v) is 8.17. The van der Waals surface area contributed by atoms with Crippen molar-refractivity contribution in [3.05, 3.63) is 12.3 Å². The van der Waals surface area contributed by atoms with Gasteiger partial charge in [-0.15, -0.1) is 0 Å². The minimum absolute atomic E-state index is 0. The van der Waals surface area contributed by atoms with Crippen molar-refractivity contribution >= 4 is 0 Å². The molecule has 2 nitrogen and oxygen atoms in total. The van der Waals surface area contributed by atoms with E-state index in [4.69, 9.17) is 0 Å². The molecule has 2 heteroatoms. The molecule has 11 heavy (non-hydrogen) atoms. The molecule has 0 aromatic carbocycles. The molecule has 0 aliphatic rings. The zero-order valence-electron chi connectivity index (χ0n) is 8.17. The number of hydrogen-bond donors (Lipinski definition) is 0. The molecule has 0 saturated heterocycles. The smallest absolute Gasteiger partial charge is 0.0915 e. The van der Waals surface area contributed by atoms with Crippen molar-refractivity contribution in [2.24, 2.45) is 0 Å². The molecule has 0 saturated carbocycles. The summed E-state index contributed by atoms with van der Waals surface area (Å²) in [7, 11) is 0. The number of nitrogens with zero attached hydrogens (tertiary/aromatic N) is 1. The Kier molecular flexibility index (Phi) is 7.69. The van der Waals surface area contributed by atoms with Crippen molar-refractivity contribution in [3.63, 3.8) is 0 Å². The van der Waals surface area contributed by atoms with Gasteiger partial charge in [-0.2, -0.15) is 0 Å². The van der Waals surface area contributed by atoms with Crippen molar-refractivity contribution in [3.8, 4) is 0 Å². The van der Waals surface area contributed by atoms with Crippen molar-refractivity contribution in [2.75, 3.05) is 19.6 Å². The summed E-state index contributed by atoms with van der Waals surface area (Å²) in [4.78, 5) is 0. The first-order chi connectivity index (χ1) is 4.74. The maximum atomic E-state index is 2.29. The van der Waals surface area contributed by atoms with Crippen LogP contribution in [-0.4, -0.2) is 29.6 Å². The number of hydrogen-bond acceptors (Lipinski definition) is 1. The molecule has 0 radical (unpaired) electrons. The second kappa shape index (κ2) is 6.38. The van der Waals surface area contributed by atoms with Gasteiger partial charge < -0.3 is 5.48 Å². The summed E-state index contributed by atoms with van der Waals surface area (Å²) in [5.41, 5.74) is 0. The fourth-order valence-electron chi connectivity index (χ4n) is 1.30. The van der Waals surface area contributed by atoms with E-state index in [9.17, 15) is 0 Å². The van der Waals surface area contributed by atoms with Crippen molar-refractivity contribution in [1.29, 1.82) is 0 Å². The lowest BCUT2D eigenvalue weighted by molar-refractivity contribution is -0.874. The van der Waals surface area contributed by atoms with Crippen LogP contribution in [0.2, 0.25) is 0 Å². The summed E-state index contributed by atoms with van der Waals surface area (Å²) >= 11 is 0. The van der Waals surface area contributed by atoms with E-state index in [-0.39, 0.29) is 5.48 Å². The molecule has 0 aliphatic carbocycles. The van der Waals surface area contributed by atoms with Gasteiger partial charge in [-0.3, -0.25) is 4.48 Å². The van der Waals surface area contributed by atoms with Gasteiger partial charge in [0.2, 0.25) is 0 Å². The Morgan fingerprint density at radius 1 is 1.00 bits per heavy atom. The molecule has 0 spiro atoms. The average molecular weight is 159 g/mol. The van der Waals surface area contributed by atoms with Crippen molar-refractivity contribution < 1.29 is 9.96 Å². The lowest BCUT2D eigenvalue weighted by Crippen LogP contribution is -2.41. The molecule has 0 aromatic heterocycles. The Labute approximate surface area is 70.4 Å². The number of quaternary nitrogens is 1. The predicted molar refractivity (Wildman–Crippen MR) is 48.6 cm³/mol. The van der Waals surface area contributed by atoms with Crippen LogP contribution < -0.4 is 0 Å². The van der Waals surface area contributed by atoms with Crippen LogP contribution in [0.25, 0.3) is 0 Å². The van der Waals surface area contributed by atoms with Gasteiger partial charge in [0.25, 0.3) is 0 Å². The summed E-state index contributed by atoms with van der Waals surface area (Å²) in [6.45, 7) is 12.4. The van der Waals surface area contributed by atoms with E-state index in [1.807, 2.05) is 0 Å². The molecular formula is C9H21NO. The molecule has 0 bridgehead atoms. The van der Waals surface area contributed by atoms with Gasteiger partial charge in [0, 0.05) is 0 Å². The molecule has 0 aliphatic heterocycles. The summed E-state index contributed by atoms with van der Waals surface area (Å²) < 4.78 is 1.12. The highest BCUT2D eigenvalue weighted by Crippen LogP contribution is 2.05. The van der Waals surface area contributed by atoms with Gasteiger partial charge in [-0.1, -0.05) is 0 Å². The van der Waals surface area contributed by atoms with Crippen molar-refractivity contribution in [1.82, 2.24) is 0 Å². The Morgan fingerprint density at radius 2 is 1.36 bits per heavy atom. The number of rotatable bonds is 4. The van der Waals surface area contributed by atoms with E-state index >= 15 is 0 Å². The van der Waals surface area contributed by atoms with Gasteiger partial charge in [0.15, 0.2) is 0 Å². The second-order valence-electron chi connectivity index (χ2n) is 2.65. The highest BCUT2D eigenvalue weighted by Gasteiger charge is 2.15. The first-order valence-corrected chi connectivity index (χ1v) is 4.24. The first kappa shape index (κ1) is 13.3. The molecule has 0 atom stereocenters. The van der Waals surface area contributed by atoms with Crippen LogP contribution >= 0.6 is 0 Å². The minimum Gasteiger partial charge on any atom is -0.870 e. The van der Waals surface area contributed by atoms with Crippen LogP contribution in [0.5, 0.6) is 0 Å². The summed E-state index contributed by atoms with van der Waals surface area (Å²) in [5, 5.41) is 0. The van der Waals surface area contributed by atoms with E-state index in [1.54, 1.807) is 0 Å². The van der Waals surface area contributed by atoms with Gasteiger partial charge in [-0.05, 0) is 33.8 Å². The van der Waals surface area contributed by atoms with Gasteiger partial charge in [0.1, 0.15) is 0 Å². The van der Waals surface area contributed by atoms with E-state index in [2.05, 4.69) is 40.0 Å². The average Bonchev–Trinajstić information content (AvgIpc) is 2.01. The maximum absolute atomic E-state index is 2.29. The molecule has 0 amide bonds. The van der Waals surface area contributed by atoms with E-state index in [0.717, 1.165) is 4.48 Å². The molecule has 0 aromatic rings. The van der Waals surface area contributed by atoms with E-state index in [0.29, 0.717) is 0 Å². The van der Waals surface area contributed by atoms with Crippen LogP contribution in [0.15, 0.2) is 12.3 Å². The Hall–Kier alpha value is -0.340. The Balaban J connectivity index is 0. The zero-order chi connectivity index (χ0) is 8.04. The van der Waals surface area contributed by atoms with Crippen LogP contribution in [-0.2, 0) is 0 Å². The van der Waals surface area contributed by atoms with E-state index in [1.165, 1.54) is 19.6 Å². The summed E-state index contributed by atoms with van der Waals surface area (Å²) in [6.07, 6.45) is 4.44. The lowest BCUT2D eigenvalue weighted by atomic mass is 10.3.